The van der Waals surface area contributed by atoms with Crippen LogP contribution in [-0.4, -0.2) is 37.5 Å². The van der Waals surface area contributed by atoms with Gasteiger partial charge in [-0.15, -0.1) is 0 Å². The quantitative estimate of drug-likeness (QED) is 0.628. The van der Waals surface area contributed by atoms with Gasteiger partial charge >= 0.3 is 0 Å². The fraction of sp³-hybridized carbons (Fsp3) is 1.00. The van der Waals surface area contributed by atoms with E-state index in [0.29, 0.717) is 18.6 Å². The first kappa shape index (κ1) is 12.3. The molecule has 3 nitrogen and oxygen atoms in total. The summed E-state index contributed by atoms with van der Waals surface area (Å²) in [7, 11) is 0. The number of aliphatic hydroxyl groups is 1. The van der Waals surface area contributed by atoms with Gasteiger partial charge in [-0.1, -0.05) is 6.92 Å². The molecule has 0 radical (unpaired) electrons. The largest absolute Gasteiger partial charge is 0.389 e. The minimum atomic E-state index is -0.341. The van der Waals surface area contributed by atoms with E-state index < -0.39 is 0 Å². The minimum absolute atomic E-state index is 0.341. The number of rotatable bonds is 9. The molecule has 2 fully saturated rings. The Morgan fingerprint density at radius 2 is 2.19 bits per heavy atom. The molecule has 0 aromatic carbocycles. The van der Waals surface area contributed by atoms with Gasteiger partial charge in [0.15, 0.2) is 0 Å². The van der Waals surface area contributed by atoms with E-state index in [4.69, 9.17) is 4.74 Å². The summed E-state index contributed by atoms with van der Waals surface area (Å²) < 4.78 is 5.45. The van der Waals surface area contributed by atoms with Crippen LogP contribution < -0.4 is 5.32 Å². The second-order valence-electron chi connectivity index (χ2n) is 5.62. The Morgan fingerprint density at radius 1 is 1.44 bits per heavy atom. The first-order chi connectivity index (χ1) is 7.74. The Hall–Kier alpha value is -0.120. The van der Waals surface area contributed by atoms with Gasteiger partial charge < -0.3 is 15.2 Å². The maximum Gasteiger partial charge on any atom is 0.0897 e. The number of aliphatic hydroxyl groups excluding tert-OH is 1. The number of hydrogen-bond donors (Lipinski definition) is 2. The molecule has 0 heterocycles. The zero-order valence-corrected chi connectivity index (χ0v) is 10.4. The average molecular weight is 227 g/mol. The van der Waals surface area contributed by atoms with Crippen molar-refractivity contribution >= 4 is 0 Å². The van der Waals surface area contributed by atoms with Gasteiger partial charge in [0, 0.05) is 19.7 Å². The Morgan fingerprint density at radius 3 is 2.75 bits per heavy atom. The highest BCUT2D eigenvalue weighted by Crippen LogP contribution is 2.47. The molecule has 0 aromatic heterocycles. The van der Waals surface area contributed by atoms with Crippen LogP contribution in [0.4, 0.5) is 0 Å². The van der Waals surface area contributed by atoms with Crippen LogP contribution in [0, 0.1) is 11.3 Å². The van der Waals surface area contributed by atoms with E-state index >= 15 is 0 Å². The highest BCUT2D eigenvalue weighted by atomic mass is 16.5. The first-order valence-electron chi connectivity index (χ1n) is 6.71. The molecule has 0 aromatic rings. The summed E-state index contributed by atoms with van der Waals surface area (Å²) >= 11 is 0. The van der Waals surface area contributed by atoms with Gasteiger partial charge in [0.2, 0.25) is 0 Å². The fourth-order valence-corrected chi connectivity index (χ4v) is 2.05. The Bertz CT molecular complexity index is 212. The van der Waals surface area contributed by atoms with Gasteiger partial charge in [-0.25, -0.2) is 0 Å². The average Bonchev–Trinajstić information content (AvgIpc) is 3.13. The molecule has 0 bridgehead atoms. The third-order valence-electron chi connectivity index (χ3n) is 3.95. The van der Waals surface area contributed by atoms with Crippen LogP contribution >= 0.6 is 0 Å². The van der Waals surface area contributed by atoms with E-state index in [-0.39, 0.29) is 6.10 Å². The lowest BCUT2D eigenvalue weighted by atomic mass is 10.0. The number of ether oxygens (including phenoxy) is 1. The van der Waals surface area contributed by atoms with Crippen molar-refractivity contribution in [1.29, 1.82) is 0 Å². The van der Waals surface area contributed by atoms with Crippen LogP contribution in [-0.2, 0) is 4.74 Å². The lowest BCUT2D eigenvalue weighted by Crippen LogP contribution is -2.34. The van der Waals surface area contributed by atoms with Gasteiger partial charge in [0.25, 0.3) is 0 Å². The van der Waals surface area contributed by atoms with Gasteiger partial charge in [-0.2, -0.15) is 0 Å². The summed E-state index contributed by atoms with van der Waals surface area (Å²) in [5, 5.41) is 13.0. The summed E-state index contributed by atoms with van der Waals surface area (Å²) in [6.07, 6.45) is 6.25. The van der Waals surface area contributed by atoms with Crippen molar-refractivity contribution < 1.29 is 9.84 Å². The third kappa shape index (κ3) is 4.04. The van der Waals surface area contributed by atoms with Gasteiger partial charge in [0.1, 0.15) is 0 Å². The topological polar surface area (TPSA) is 41.5 Å². The lowest BCUT2D eigenvalue weighted by molar-refractivity contribution is 0.0320. The standard InChI is InChI=1S/C13H25NO2/c1-2-13(5-6-13)10-14-7-12(15)9-16-8-11-3-4-11/h11-12,14-15H,2-10H2,1H3. The molecule has 16 heavy (non-hydrogen) atoms. The molecule has 2 saturated carbocycles. The van der Waals surface area contributed by atoms with Crippen LogP contribution in [0.3, 0.4) is 0 Å². The molecule has 3 heteroatoms. The van der Waals surface area contributed by atoms with E-state index in [9.17, 15) is 5.11 Å². The summed E-state index contributed by atoms with van der Waals surface area (Å²) in [6.45, 7) is 5.32. The lowest BCUT2D eigenvalue weighted by Gasteiger charge is -2.16. The molecule has 0 spiro atoms. The second-order valence-corrected chi connectivity index (χ2v) is 5.62. The van der Waals surface area contributed by atoms with Crippen LogP contribution in [0.2, 0.25) is 0 Å². The molecular formula is C13H25NO2. The number of hydrogen-bond acceptors (Lipinski definition) is 3. The molecule has 1 atom stereocenters. The Balaban J connectivity index is 1.45. The van der Waals surface area contributed by atoms with Crippen LogP contribution in [0.25, 0.3) is 0 Å². The highest BCUT2D eigenvalue weighted by molar-refractivity contribution is 4.93. The molecule has 0 saturated heterocycles. The molecule has 2 aliphatic rings. The van der Waals surface area contributed by atoms with Crippen LogP contribution in [0.15, 0.2) is 0 Å². The SMILES string of the molecule is CCC1(CNCC(O)COCC2CC2)CC1. The van der Waals surface area contributed by atoms with E-state index in [1.807, 2.05) is 0 Å². The molecule has 2 rings (SSSR count). The first-order valence-corrected chi connectivity index (χ1v) is 6.71. The molecule has 0 aliphatic heterocycles. The Kier molecular flexibility index (Phi) is 4.22. The van der Waals surface area contributed by atoms with Gasteiger partial charge in [0.05, 0.1) is 12.7 Å². The fourth-order valence-electron chi connectivity index (χ4n) is 2.05. The maximum atomic E-state index is 9.68. The zero-order valence-electron chi connectivity index (χ0n) is 10.4. The highest BCUT2D eigenvalue weighted by Gasteiger charge is 2.39. The minimum Gasteiger partial charge on any atom is -0.389 e. The zero-order chi connectivity index (χ0) is 11.4. The van der Waals surface area contributed by atoms with E-state index in [2.05, 4.69) is 12.2 Å². The van der Waals surface area contributed by atoms with Crippen molar-refractivity contribution in [2.24, 2.45) is 11.3 Å². The summed E-state index contributed by atoms with van der Waals surface area (Å²) in [5.74, 6) is 0.787. The molecule has 1 unspecified atom stereocenters. The monoisotopic (exact) mass is 227 g/mol. The van der Waals surface area contributed by atoms with Crippen molar-refractivity contribution in [3.05, 3.63) is 0 Å². The summed E-state index contributed by atoms with van der Waals surface area (Å²) in [5.41, 5.74) is 0.564. The molecule has 2 aliphatic carbocycles. The van der Waals surface area contributed by atoms with Crippen molar-refractivity contribution in [2.45, 2.75) is 45.1 Å². The van der Waals surface area contributed by atoms with E-state index in [1.54, 1.807) is 0 Å². The van der Waals surface area contributed by atoms with E-state index in [1.165, 1.54) is 32.1 Å². The molecule has 2 N–H and O–H groups in total. The molecule has 94 valence electrons. The van der Waals surface area contributed by atoms with Crippen molar-refractivity contribution in [3.63, 3.8) is 0 Å². The predicted molar refractivity (Wildman–Crippen MR) is 64.4 cm³/mol. The van der Waals surface area contributed by atoms with Gasteiger partial charge in [-0.05, 0) is 43.4 Å². The van der Waals surface area contributed by atoms with Crippen molar-refractivity contribution in [2.75, 3.05) is 26.3 Å². The van der Waals surface area contributed by atoms with E-state index in [0.717, 1.165) is 19.1 Å². The van der Waals surface area contributed by atoms with Crippen LogP contribution in [0.1, 0.15) is 39.0 Å². The second kappa shape index (κ2) is 5.48. The van der Waals surface area contributed by atoms with Crippen molar-refractivity contribution in [1.82, 2.24) is 5.32 Å². The smallest absolute Gasteiger partial charge is 0.0897 e. The molecule has 0 amide bonds. The maximum absolute atomic E-state index is 9.68. The van der Waals surface area contributed by atoms with Gasteiger partial charge in [-0.3, -0.25) is 0 Å². The predicted octanol–water partition coefficient (Wildman–Crippen LogP) is 1.55. The normalized spacial score (nSPS) is 24.4. The van der Waals surface area contributed by atoms with Crippen LogP contribution in [0.5, 0.6) is 0 Å². The van der Waals surface area contributed by atoms with Crippen molar-refractivity contribution in [3.8, 4) is 0 Å². The Labute approximate surface area is 98.6 Å². The number of nitrogens with one attached hydrogen (secondary N) is 1. The third-order valence-corrected chi connectivity index (χ3v) is 3.95. The molecular weight excluding hydrogens is 202 g/mol. The summed E-state index contributed by atoms with van der Waals surface area (Å²) in [6, 6.07) is 0. The summed E-state index contributed by atoms with van der Waals surface area (Å²) in [4.78, 5) is 0.